The van der Waals surface area contributed by atoms with Crippen molar-refractivity contribution in [2.75, 3.05) is 0 Å². The summed E-state index contributed by atoms with van der Waals surface area (Å²) in [5.41, 5.74) is 0.951. The summed E-state index contributed by atoms with van der Waals surface area (Å²) < 4.78 is 5.74. The molecule has 3 nitrogen and oxygen atoms in total. The molecule has 2 aromatic rings. The minimum atomic E-state index is -0.552. The lowest BCUT2D eigenvalue weighted by Gasteiger charge is -2.16. The van der Waals surface area contributed by atoms with Crippen molar-refractivity contribution in [3.8, 4) is 23.6 Å². The van der Waals surface area contributed by atoms with E-state index in [4.69, 9.17) is 15.3 Å². The minimum absolute atomic E-state index is 0.552. The van der Waals surface area contributed by atoms with Gasteiger partial charge in [0.2, 0.25) is 0 Å². The molecule has 20 heavy (non-hydrogen) atoms. The van der Waals surface area contributed by atoms with Gasteiger partial charge in [-0.25, -0.2) is 0 Å². The third-order valence-corrected chi connectivity index (χ3v) is 3.05. The van der Waals surface area contributed by atoms with Crippen molar-refractivity contribution in [2.24, 2.45) is 0 Å². The van der Waals surface area contributed by atoms with E-state index >= 15 is 0 Å². The molecule has 0 N–H and O–H groups in total. The summed E-state index contributed by atoms with van der Waals surface area (Å²) >= 11 is 0. The van der Waals surface area contributed by atoms with Gasteiger partial charge >= 0.3 is 0 Å². The number of nitrogens with zero attached hydrogens (tertiary/aromatic N) is 2. The van der Waals surface area contributed by atoms with Crippen molar-refractivity contribution >= 4 is 0 Å². The molecule has 2 aromatic carbocycles. The van der Waals surface area contributed by atoms with Crippen LogP contribution >= 0.6 is 0 Å². The van der Waals surface area contributed by atoms with E-state index in [9.17, 15) is 0 Å². The normalized spacial score (nSPS) is 10.4. The van der Waals surface area contributed by atoms with Gasteiger partial charge in [0.1, 0.15) is 11.5 Å². The zero-order valence-electron chi connectivity index (χ0n) is 11.4. The highest BCUT2D eigenvalue weighted by atomic mass is 16.5. The van der Waals surface area contributed by atoms with Crippen molar-refractivity contribution in [3.63, 3.8) is 0 Å². The Morgan fingerprint density at radius 3 is 2.25 bits per heavy atom. The lowest BCUT2D eigenvalue weighted by molar-refractivity contribution is 0.480. The zero-order chi connectivity index (χ0) is 14.6. The lowest BCUT2D eigenvalue weighted by atomic mass is 9.86. The number of rotatable bonds is 3. The Morgan fingerprint density at radius 2 is 1.65 bits per heavy atom. The van der Waals surface area contributed by atoms with Crippen LogP contribution in [0.15, 0.2) is 48.5 Å². The number of hydrogen-bond acceptors (Lipinski definition) is 3. The third kappa shape index (κ3) is 2.96. The Hall–Kier alpha value is -2.78. The van der Waals surface area contributed by atoms with E-state index < -0.39 is 5.41 Å². The van der Waals surface area contributed by atoms with Crippen LogP contribution in [0.4, 0.5) is 0 Å². The van der Waals surface area contributed by atoms with Crippen LogP contribution < -0.4 is 4.74 Å². The lowest BCUT2D eigenvalue weighted by Crippen LogP contribution is -2.13. The van der Waals surface area contributed by atoms with Gasteiger partial charge in [0.25, 0.3) is 0 Å². The molecule has 0 unspecified atom stereocenters. The predicted octanol–water partition coefficient (Wildman–Crippen LogP) is 4.15. The fourth-order valence-electron chi connectivity index (χ4n) is 1.75. The van der Waals surface area contributed by atoms with Gasteiger partial charge in [-0.05, 0) is 55.8 Å². The Morgan fingerprint density at radius 1 is 0.950 bits per heavy atom. The van der Waals surface area contributed by atoms with Crippen LogP contribution in [0.1, 0.15) is 25.0 Å². The summed E-state index contributed by atoms with van der Waals surface area (Å²) in [5.74, 6) is 1.34. The second-order valence-electron chi connectivity index (χ2n) is 5.00. The number of nitriles is 2. The molecule has 0 saturated carbocycles. The van der Waals surface area contributed by atoms with Crippen molar-refractivity contribution in [1.29, 1.82) is 10.5 Å². The fourth-order valence-corrected chi connectivity index (χ4v) is 1.75. The molecule has 0 bridgehead atoms. The number of ether oxygens (including phenoxy) is 1. The Balaban J connectivity index is 2.24. The first-order valence-corrected chi connectivity index (χ1v) is 6.25. The quantitative estimate of drug-likeness (QED) is 0.834. The van der Waals surface area contributed by atoms with Crippen LogP contribution in [0.5, 0.6) is 11.5 Å². The molecular formula is C17H14N2O. The molecule has 0 atom stereocenters. The van der Waals surface area contributed by atoms with E-state index in [1.165, 1.54) is 0 Å². The maximum Gasteiger partial charge on any atom is 0.127 e. The highest BCUT2D eigenvalue weighted by molar-refractivity contribution is 5.40. The topological polar surface area (TPSA) is 56.8 Å². The molecule has 0 heterocycles. The largest absolute Gasteiger partial charge is 0.457 e. The molecule has 2 rings (SSSR count). The van der Waals surface area contributed by atoms with E-state index in [1.807, 2.05) is 38.1 Å². The SMILES string of the molecule is CC(C)(C#N)c1cccc(Oc2ccc(C#N)cc2)c1. The molecule has 3 heteroatoms. The van der Waals surface area contributed by atoms with Crippen LogP contribution in [-0.2, 0) is 5.41 Å². The summed E-state index contributed by atoms with van der Waals surface area (Å²) in [6, 6.07) is 18.7. The van der Waals surface area contributed by atoms with Crippen LogP contribution in [0.2, 0.25) is 0 Å². The van der Waals surface area contributed by atoms with Crippen molar-refractivity contribution < 1.29 is 4.74 Å². The molecule has 0 aliphatic heterocycles. The maximum atomic E-state index is 9.16. The molecule has 0 amide bonds. The Labute approximate surface area is 118 Å². The number of hydrogen-bond donors (Lipinski definition) is 0. The first kappa shape index (κ1) is 13.6. The van der Waals surface area contributed by atoms with E-state index in [0.29, 0.717) is 17.1 Å². The highest BCUT2D eigenvalue weighted by Gasteiger charge is 2.19. The monoisotopic (exact) mass is 262 g/mol. The van der Waals surface area contributed by atoms with Crippen LogP contribution in [0.3, 0.4) is 0 Å². The maximum absolute atomic E-state index is 9.16. The molecule has 0 aliphatic rings. The van der Waals surface area contributed by atoms with Gasteiger partial charge in [0.05, 0.1) is 23.1 Å². The first-order valence-electron chi connectivity index (χ1n) is 6.25. The standard InChI is InChI=1S/C17H14N2O/c1-17(2,12-19)14-4-3-5-16(10-14)20-15-8-6-13(11-18)7-9-15/h3-10H,1-2H3. The molecular weight excluding hydrogens is 248 g/mol. The Bertz CT molecular complexity index is 688. The van der Waals surface area contributed by atoms with Crippen molar-refractivity contribution in [3.05, 3.63) is 59.7 Å². The van der Waals surface area contributed by atoms with E-state index in [0.717, 1.165) is 5.56 Å². The van der Waals surface area contributed by atoms with Crippen molar-refractivity contribution in [2.45, 2.75) is 19.3 Å². The average molecular weight is 262 g/mol. The second-order valence-corrected chi connectivity index (χ2v) is 5.00. The van der Waals surface area contributed by atoms with Crippen molar-refractivity contribution in [1.82, 2.24) is 0 Å². The van der Waals surface area contributed by atoms with Gasteiger partial charge in [-0.1, -0.05) is 12.1 Å². The minimum Gasteiger partial charge on any atom is -0.457 e. The summed E-state index contributed by atoms with van der Waals surface area (Å²) in [6.45, 7) is 3.74. The van der Waals surface area contributed by atoms with Crippen LogP contribution in [-0.4, -0.2) is 0 Å². The van der Waals surface area contributed by atoms with Gasteiger partial charge in [-0.2, -0.15) is 10.5 Å². The molecule has 0 aromatic heterocycles. The molecule has 0 fully saturated rings. The summed E-state index contributed by atoms with van der Waals surface area (Å²) in [6.07, 6.45) is 0. The summed E-state index contributed by atoms with van der Waals surface area (Å²) in [4.78, 5) is 0. The summed E-state index contributed by atoms with van der Waals surface area (Å²) in [7, 11) is 0. The van der Waals surface area contributed by atoms with E-state index in [-0.39, 0.29) is 0 Å². The molecule has 0 radical (unpaired) electrons. The molecule has 0 aliphatic carbocycles. The molecule has 98 valence electrons. The molecule has 0 saturated heterocycles. The van der Waals surface area contributed by atoms with E-state index in [1.54, 1.807) is 24.3 Å². The fraction of sp³-hybridized carbons (Fsp3) is 0.176. The molecule has 0 spiro atoms. The number of benzene rings is 2. The van der Waals surface area contributed by atoms with Crippen LogP contribution in [0.25, 0.3) is 0 Å². The van der Waals surface area contributed by atoms with Gasteiger partial charge in [-0.15, -0.1) is 0 Å². The third-order valence-electron chi connectivity index (χ3n) is 3.05. The zero-order valence-corrected chi connectivity index (χ0v) is 11.4. The van der Waals surface area contributed by atoms with E-state index in [2.05, 4.69) is 12.1 Å². The average Bonchev–Trinajstić information content (AvgIpc) is 2.48. The predicted molar refractivity (Wildman–Crippen MR) is 76.3 cm³/mol. The highest BCUT2D eigenvalue weighted by Crippen LogP contribution is 2.28. The smallest absolute Gasteiger partial charge is 0.127 e. The Kier molecular flexibility index (Phi) is 3.73. The van der Waals surface area contributed by atoms with Crippen LogP contribution in [0, 0.1) is 22.7 Å². The van der Waals surface area contributed by atoms with Gasteiger partial charge in [0, 0.05) is 0 Å². The van der Waals surface area contributed by atoms with Gasteiger partial charge in [0.15, 0.2) is 0 Å². The first-order chi connectivity index (χ1) is 9.55. The second kappa shape index (κ2) is 5.47. The summed E-state index contributed by atoms with van der Waals surface area (Å²) in [5, 5.41) is 17.9. The van der Waals surface area contributed by atoms with Gasteiger partial charge < -0.3 is 4.74 Å². The van der Waals surface area contributed by atoms with Gasteiger partial charge in [-0.3, -0.25) is 0 Å².